The normalized spacial score (nSPS) is 11.1. The molecule has 18 heavy (non-hydrogen) atoms. The van der Waals surface area contributed by atoms with Gasteiger partial charge in [-0.1, -0.05) is 20.8 Å². The van der Waals surface area contributed by atoms with Gasteiger partial charge in [-0.25, -0.2) is 9.97 Å². The number of hydrogen-bond donors (Lipinski definition) is 1. The van der Waals surface area contributed by atoms with Gasteiger partial charge in [-0.15, -0.1) is 0 Å². The highest BCUT2D eigenvalue weighted by molar-refractivity contribution is 5.33. The summed E-state index contributed by atoms with van der Waals surface area (Å²) in [5.41, 5.74) is 6.16. The van der Waals surface area contributed by atoms with Crippen molar-refractivity contribution in [3.8, 4) is 6.07 Å². The molecule has 1 heterocycles. The molecule has 0 spiro atoms. The van der Waals surface area contributed by atoms with E-state index in [-0.39, 0.29) is 5.41 Å². The van der Waals surface area contributed by atoms with Gasteiger partial charge in [0.1, 0.15) is 11.8 Å². The van der Waals surface area contributed by atoms with Crippen molar-refractivity contribution in [1.29, 1.82) is 5.26 Å². The molecule has 0 amide bonds. The molecule has 0 atom stereocenters. The van der Waals surface area contributed by atoms with Crippen LogP contribution in [0.1, 0.15) is 32.9 Å². The fourth-order valence-electron chi connectivity index (χ4n) is 1.66. The van der Waals surface area contributed by atoms with Crippen molar-refractivity contribution in [3.63, 3.8) is 0 Å². The average Bonchev–Trinajstić information content (AvgIpc) is 2.38. The molecule has 98 valence electrons. The Morgan fingerprint density at radius 1 is 1.50 bits per heavy atom. The van der Waals surface area contributed by atoms with Crippen LogP contribution in [-0.2, 0) is 0 Å². The third-order valence-electron chi connectivity index (χ3n) is 2.71. The molecule has 0 aliphatic rings. The van der Waals surface area contributed by atoms with Crippen LogP contribution in [0.25, 0.3) is 0 Å². The van der Waals surface area contributed by atoms with Crippen LogP contribution in [0, 0.1) is 16.7 Å². The summed E-state index contributed by atoms with van der Waals surface area (Å²) in [6.07, 6.45) is 2.62. The van der Waals surface area contributed by atoms with Gasteiger partial charge in [0, 0.05) is 19.3 Å². The number of nitrogens with zero attached hydrogens (tertiary/aromatic N) is 4. The SMILES string of the molecule is CCCN(CC(C)(C)CN)c1nccc(C#N)n1. The maximum Gasteiger partial charge on any atom is 0.226 e. The molecule has 0 aliphatic carbocycles. The van der Waals surface area contributed by atoms with E-state index < -0.39 is 0 Å². The van der Waals surface area contributed by atoms with Crippen LogP contribution in [0.5, 0.6) is 0 Å². The highest BCUT2D eigenvalue weighted by Crippen LogP contribution is 2.18. The van der Waals surface area contributed by atoms with Crippen LogP contribution < -0.4 is 10.6 Å². The van der Waals surface area contributed by atoms with E-state index in [1.807, 2.05) is 6.07 Å². The molecule has 0 bridgehead atoms. The predicted octanol–water partition coefficient (Wildman–Crippen LogP) is 1.55. The molecule has 1 aromatic heterocycles. The first-order valence-corrected chi connectivity index (χ1v) is 6.20. The minimum Gasteiger partial charge on any atom is -0.340 e. The summed E-state index contributed by atoms with van der Waals surface area (Å²) < 4.78 is 0. The number of hydrogen-bond acceptors (Lipinski definition) is 5. The van der Waals surface area contributed by atoms with E-state index in [0.29, 0.717) is 18.2 Å². The van der Waals surface area contributed by atoms with Gasteiger partial charge < -0.3 is 10.6 Å². The lowest BCUT2D eigenvalue weighted by Gasteiger charge is -2.31. The smallest absolute Gasteiger partial charge is 0.226 e. The van der Waals surface area contributed by atoms with Gasteiger partial charge >= 0.3 is 0 Å². The highest BCUT2D eigenvalue weighted by atomic mass is 15.2. The van der Waals surface area contributed by atoms with Crippen molar-refractivity contribution in [1.82, 2.24) is 9.97 Å². The summed E-state index contributed by atoms with van der Waals surface area (Å²) in [7, 11) is 0. The van der Waals surface area contributed by atoms with Gasteiger partial charge in [-0.05, 0) is 24.4 Å². The largest absolute Gasteiger partial charge is 0.340 e. The van der Waals surface area contributed by atoms with Gasteiger partial charge in [-0.3, -0.25) is 0 Å². The molecule has 5 heteroatoms. The number of rotatable bonds is 6. The molecule has 0 saturated heterocycles. The molecule has 5 nitrogen and oxygen atoms in total. The summed E-state index contributed by atoms with van der Waals surface area (Å²) in [5, 5.41) is 8.87. The fraction of sp³-hybridized carbons (Fsp3) is 0.615. The van der Waals surface area contributed by atoms with Gasteiger partial charge in [0.05, 0.1) is 0 Å². The van der Waals surface area contributed by atoms with E-state index in [4.69, 9.17) is 11.0 Å². The van der Waals surface area contributed by atoms with E-state index in [2.05, 4.69) is 35.6 Å². The first kappa shape index (κ1) is 14.4. The topological polar surface area (TPSA) is 78.8 Å². The number of anilines is 1. The monoisotopic (exact) mass is 247 g/mol. The Bertz CT molecular complexity index is 422. The molecule has 2 N–H and O–H groups in total. The van der Waals surface area contributed by atoms with Crippen molar-refractivity contribution in [2.45, 2.75) is 27.2 Å². The molecule has 0 fully saturated rings. The molecular weight excluding hydrogens is 226 g/mol. The quantitative estimate of drug-likeness (QED) is 0.825. The third kappa shape index (κ3) is 3.97. The van der Waals surface area contributed by atoms with Gasteiger partial charge in [0.2, 0.25) is 5.95 Å². The standard InChI is InChI=1S/C13H21N5/c1-4-7-18(10-13(2,3)9-15)12-16-6-5-11(8-14)17-12/h5-6H,4,7,9-10,15H2,1-3H3. The van der Waals surface area contributed by atoms with E-state index in [1.54, 1.807) is 12.3 Å². The number of nitrogens with two attached hydrogens (primary N) is 1. The molecule has 0 unspecified atom stereocenters. The van der Waals surface area contributed by atoms with Crippen molar-refractivity contribution >= 4 is 5.95 Å². The molecule has 1 rings (SSSR count). The van der Waals surface area contributed by atoms with Crippen molar-refractivity contribution in [2.75, 3.05) is 24.5 Å². The van der Waals surface area contributed by atoms with E-state index >= 15 is 0 Å². The molecule has 0 saturated carbocycles. The maximum atomic E-state index is 8.87. The van der Waals surface area contributed by atoms with Gasteiger partial charge in [-0.2, -0.15) is 5.26 Å². The number of nitriles is 1. The minimum atomic E-state index is 0.00117. The zero-order valence-corrected chi connectivity index (χ0v) is 11.3. The predicted molar refractivity (Wildman–Crippen MR) is 72.1 cm³/mol. The van der Waals surface area contributed by atoms with Crippen LogP contribution in [0.3, 0.4) is 0 Å². The summed E-state index contributed by atoms with van der Waals surface area (Å²) >= 11 is 0. The minimum absolute atomic E-state index is 0.00117. The summed E-state index contributed by atoms with van der Waals surface area (Å²) in [6.45, 7) is 8.58. The second-order valence-electron chi connectivity index (χ2n) is 5.14. The Morgan fingerprint density at radius 3 is 2.78 bits per heavy atom. The van der Waals surface area contributed by atoms with Crippen molar-refractivity contribution in [2.24, 2.45) is 11.1 Å². The lowest BCUT2D eigenvalue weighted by atomic mass is 9.93. The van der Waals surface area contributed by atoms with Crippen LogP contribution in [0.15, 0.2) is 12.3 Å². The lowest BCUT2D eigenvalue weighted by Crippen LogP contribution is -2.40. The van der Waals surface area contributed by atoms with Gasteiger partial charge in [0.25, 0.3) is 0 Å². The molecular formula is C13H21N5. The maximum absolute atomic E-state index is 8.87. The first-order valence-electron chi connectivity index (χ1n) is 6.20. The summed E-state index contributed by atoms with van der Waals surface area (Å²) in [4.78, 5) is 10.6. The average molecular weight is 247 g/mol. The second kappa shape index (κ2) is 6.31. The Morgan fingerprint density at radius 2 is 2.22 bits per heavy atom. The van der Waals surface area contributed by atoms with Crippen LogP contribution >= 0.6 is 0 Å². The molecule has 1 aromatic rings. The van der Waals surface area contributed by atoms with E-state index in [9.17, 15) is 0 Å². The molecule has 0 radical (unpaired) electrons. The van der Waals surface area contributed by atoms with Crippen LogP contribution in [0.4, 0.5) is 5.95 Å². The Hall–Kier alpha value is -1.67. The lowest BCUT2D eigenvalue weighted by molar-refractivity contribution is 0.375. The van der Waals surface area contributed by atoms with Gasteiger partial charge in [0.15, 0.2) is 0 Å². The Labute approximate surface area is 109 Å². The molecule has 0 aromatic carbocycles. The first-order chi connectivity index (χ1) is 8.52. The Balaban J connectivity index is 2.93. The Kier molecular flexibility index (Phi) is 5.05. The van der Waals surface area contributed by atoms with E-state index in [0.717, 1.165) is 19.5 Å². The zero-order chi connectivity index (χ0) is 13.6. The number of aromatic nitrogens is 2. The second-order valence-corrected chi connectivity index (χ2v) is 5.14. The van der Waals surface area contributed by atoms with Crippen LogP contribution in [-0.4, -0.2) is 29.6 Å². The van der Waals surface area contributed by atoms with E-state index in [1.165, 1.54) is 0 Å². The fourth-order valence-corrected chi connectivity index (χ4v) is 1.66. The third-order valence-corrected chi connectivity index (χ3v) is 2.71. The zero-order valence-electron chi connectivity index (χ0n) is 11.3. The highest BCUT2D eigenvalue weighted by Gasteiger charge is 2.21. The van der Waals surface area contributed by atoms with Crippen molar-refractivity contribution in [3.05, 3.63) is 18.0 Å². The summed E-state index contributed by atoms with van der Waals surface area (Å²) in [5.74, 6) is 0.609. The van der Waals surface area contributed by atoms with Crippen LogP contribution in [0.2, 0.25) is 0 Å². The summed E-state index contributed by atoms with van der Waals surface area (Å²) in [6, 6.07) is 3.65. The van der Waals surface area contributed by atoms with Crippen molar-refractivity contribution < 1.29 is 0 Å². The molecule has 0 aliphatic heterocycles.